The molecule has 1 heterocycles. The minimum Gasteiger partial charge on any atom is -0.360 e. The minimum atomic E-state index is -1.23. The number of halogens is 2. The third-order valence-corrected chi connectivity index (χ3v) is 5.95. The van der Waals surface area contributed by atoms with Crippen molar-refractivity contribution in [3.8, 4) is 0 Å². The molecular weight excluding hydrogens is 518 g/mol. The van der Waals surface area contributed by atoms with Crippen molar-refractivity contribution in [3.05, 3.63) is 125 Å². The fourth-order valence-corrected chi connectivity index (χ4v) is 4.03. The Morgan fingerprint density at radius 3 is 2.35 bits per heavy atom. The summed E-state index contributed by atoms with van der Waals surface area (Å²) in [7, 11) is 0. The number of nitrogens with one attached hydrogen (secondary N) is 2. The van der Waals surface area contributed by atoms with Gasteiger partial charge in [0.1, 0.15) is 23.4 Å². The van der Waals surface area contributed by atoms with Crippen LogP contribution in [0.5, 0.6) is 0 Å². The molecule has 0 saturated heterocycles. The molecule has 40 heavy (non-hydrogen) atoms. The van der Waals surface area contributed by atoms with Gasteiger partial charge in [-0.25, -0.2) is 8.78 Å². The van der Waals surface area contributed by atoms with E-state index in [0.717, 1.165) is 23.1 Å². The Morgan fingerprint density at radius 2 is 1.68 bits per heavy atom. The first-order chi connectivity index (χ1) is 19.2. The van der Waals surface area contributed by atoms with Gasteiger partial charge in [0, 0.05) is 30.5 Å². The van der Waals surface area contributed by atoms with E-state index in [4.69, 9.17) is 4.52 Å². The molecule has 0 bridgehead atoms. The van der Waals surface area contributed by atoms with Crippen LogP contribution in [0.4, 0.5) is 20.3 Å². The molecule has 0 aliphatic carbocycles. The zero-order valence-electron chi connectivity index (χ0n) is 21.7. The van der Waals surface area contributed by atoms with E-state index in [2.05, 4.69) is 15.8 Å². The molecule has 8 nitrogen and oxygen atoms in total. The summed E-state index contributed by atoms with van der Waals surface area (Å²) >= 11 is 0. The van der Waals surface area contributed by atoms with Gasteiger partial charge in [-0.05, 0) is 60.9 Å². The van der Waals surface area contributed by atoms with Gasteiger partial charge in [-0.15, -0.1) is 0 Å². The van der Waals surface area contributed by atoms with Gasteiger partial charge >= 0.3 is 0 Å². The van der Waals surface area contributed by atoms with Crippen molar-refractivity contribution in [2.75, 3.05) is 10.2 Å². The Kier molecular flexibility index (Phi) is 8.80. The molecule has 204 valence electrons. The maximum atomic E-state index is 14.3. The summed E-state index contributed by atoms with van der Waals surface area (Å²) in [5, 5.41) is 8.94. The number of aryl methyl sites for hydroxylation is 2. The van der Waals surface area contributed by atoms with E-state index >= 15 is 0 Å². The molecule has 3 aromatic carbocycles. The molecular formula is C30H26F2N4O4. The predicted octanol–water partition coefficient (Wildman–Crippen LogP) is 5.16. The van der Waals surface area contributed by atoms with Crippen LogP contribution in [0, 0.1) is 25.5 Å². The molecule has 0 aliphatic heterocycles. The topological polar surface area (TPSA) is 105 Å². The van der Waals surface area contributed by atoms with Crippen molar-refractivity contribution < 1.29 is 27.7 Å². The molecule has 4 aromatic rings. The molecule has 1 aromatic heterocycles. The smallest absolute Gasteiger partial charge is 0.252 e. The average Bonchev–Trinajstić information content (AvgIpc) is 3.34. The van der Waals surface area contributed by atoms with Gasteiger partial charge in [-0.2, -0.15) is 0 Å². The van der Waals surface area contributed by atoms with Crippen LogP contribution in [0.3, 0.4) is 0 Å². The second kappa shape index (κ2) is 12.6. The van der Waals surface area contributed by atoms with Crippen molar-refractivity contribution in [1.29, 1.82) is 0 Å². The van der Waals surface area contributed by atoms with Crippen molar-refractivity contribution in [1.82, 2.24) is 10.5 Å². The molecule has 0 radical (unpaired) electrons. The van der Waals surface area contributed by atoms with Gasteiger partial charge in [0.2, 0.25) is 11.8 Å². The molecule has 0 saturated carbocycles. The number of hydrogen-bond donors (Lipinski definition) is 2. The summed E-state index contributed by atoms with van der Waals surface area (Å²) in [5.74, 6) is -2.35. The van der Waals surface area contributed by atoms with E-state index in [1.807, 2.05) is 0 Å². The lowest BCUT2D eigenvalue weighted by molar-refractivity contribution is -0.125. The van der Waals surface area contributed by atoms with Gasteiger partial charge in [0.05, 0.1) is 0 Å². The van der Waals surface area contributed by atoms with Crippen molar-refractivity contribution >= 4 is 29.2 Å². The zero-order chi connectivity index (χ0) is 28.6. The van der Waals surface area contributed by atoms with Gasteiger partial charge in [-0.1, -0.05) is 47.6 Å². The highest BCUT2D eigenvalue weighted by Gasteiger charge is 2.33. The fraction of sp³-hybridized carbons (Fsp3) is 0.133. The lowest BCUT2D eigenvalue weighted by atomic mass is 9.98. The molecule has 0 spiro atoms. The molecule has 10 heteroatoms. The quantitative estimate of drug-likeness (QED) is 0.284. The van der Waals surface area contributed by atoms with E-state index in [1.165, 1.54) is 48.5 Å². The first-order valence-corrected chi connectivity index (χ1v) is 12.3. The Bertz CT molecular complexity index is 1550. The standard InChI is InChI=1S/C30H26F2N4O4/c1-19-6-3-4-9-25(19)29(30(39)33-18-21-10-12-22(31)13-11-21)36(24-8-5-7-23(32)17-24)28(38)15-14-27(37)34-26-16-20(2)40-35-26/h3-17,29H,18H2,1-2H3,(H,33,39)(H,34,35,37)/b15-14+/t29-/m1/s1. The van der Waals surface area contributed by atoms with Crippen molar-refractivity contribution in [2.45, 2.75) is 26.4 Å². The Morgan fingerprint density at radius 1 is 0.925 bits per heavy atom. The van der Waals surface area contributed by atoms with E-state index in [-0.39, 0.29) is 18.1 Å². The van der Waals surface area contributed by atoms with E-state index in [1.54, 1.807) is 38.1 Å². The van der Waals surface area contributed by atoms with Crippen LogP contribution in [0.15, 0.2) is 95.5 Å². The van der Waals surface area contributed by atoms with Crippen LogP contribution >= 0.6 is 0 Å². The van der Waals surface area contributed by atoms with Gasteiger partial charge in [-0.3, -0.25) is 19.3 Å². The summed E-state index contributed by atoms with van der Waals surface area (Å²) in [6.07, 6.45) is 1.98. The fourth-order valence-electron chi connectivity index (χ4n) is 4.03. The van der Waals surface area contributed by atoms with E-state index in [0.29, 0.717) is 22.5 Å². The average molecular weight is 545 g/mol. The maximum absolute atomic E-state index is 14.3. The number of carbonyl (C=O) groups is 3. The number of hydrogen-bond acceptors (Lipinski definition) is 5. The largest absolute Gasteiger partial charge is 0.360 e. The van der Waals surface area contributed by atoms with Crippen molar-refractivity contribution in [3.63, 3.8) is 0 Å². The maximum Gasteiger partial charge on any atom is 0.252 e. The third kappa shape index (κ3) is 7.04. The summed E-state index contributed by atoms with van der Waals surface area (Å²) in [6, 6.07) is 18.1. The van der Waals surface area contributed by atoms with Crippen LogP contribution in [0.1, 0.15) is 28.5 Å². The highest BCUT2D eigenvalue weighted by molar-refractivity contribution is 6.10. The molecule has 0 unspecified atom stereocenters. The predicted molar refractivity (Wildman–Crippen MR) is 145 cm³/mol. The molecule has 1 atom stereocenters. The summed E-state index contributed by atoms with van der Waals surface area (Å²) < 4.78 is 32.6. The molecule has 4 rings (SSSR count). The van der Waals surface area contributed by atoms with Crippen LogP contribution in [-0.4, -0.2) is 22.9 Å². The number of anilines is 2. The normalized spacial score (nSPS) is 11.7. The number of aromatic nitrogens is 1. The molecule has 0 aliphatic rings. The van der Waals surface area contributed by atoms with Crippen molar-refractivity contribution in [2.24, 2.45) is 0 Å². The first-order valence-electron chi connectivity index (χ1n) is 12.3. The van der Waals surface area contributed by atoms with Gasteiger partial charge < -0.3 is 15.2 Å². The van der Waals surface area contributed by atoms with Crippen LogP contribution < -0.4 is 15.5 Å². The van der Waals surface area contributed by atoms with E-state index < -0.39 is 35.4 Å². The second-order valence-electron chi connectivity index (χ2n) is 8.94. The summed E-state index contributed by atoms with van der Waals surface area (Å²) in [6.45, 7) is 3.50. The number of carbonyl (C=O) groups excluding carboxylic acids is 3. The number of benzene rings is 3. The number of amides is 3. The monoisotopic (exact) mass is 544 g/mol. The number of rotatable bonds is 9. The molecule has 3 amide bonds. The lowest BCUT2D eigenvalue weighted by Gasteiger charge is -2.31. The Hall–Kier alpha value is -5.12. The van der Waals surface area contributed by atoms with Gasteiger partial charge in [0.25, 0.3) is 5.91 Å². The SMILES string of the molecule is Cc1cc(NC(=O)/C=C/C(=O)N(c2cccc(F)c2)[C@@H](C(=O)NCc2ccc(F)cc2)c2ccccc2C)no1. The Labute approximate surface area is 229 Å². The molecule has 2 N–H and O–H groups in total. The van der Waals surface area contributed by atoms with Gasteiger partial charge in [0.15, 0.2) is 5.82 Å². The highest BCUT2D eigenvalue weighted by Crippen LogP contribution is 2.31. The van der Waals surface area contributed by atoms with Crippen LogP contribution in [0.25, 0.3) is 0 Å². The summed E-state index contributed by atoms with van der Waals surface area (Å²) in [5.41, 5.74) is 1.95. The van der Waals surface area contributed by atoms with Crippen LogP contribution in [0.2, 0.25) is 0 Å². The summed E-state index contributed by atoms with van der Waals surface area (Å²) in [4.78, 5) is 40.9. The Balaban J connectivity index is 1.69. The number of nitrogens with zero attached hydrogens (tertiary/aromatic N) is 2. The van der Waals surface area contributed by atoms with Crippen LogP contribution in [-0.2, 0) is 20.9 Å². The highest BCUT2D eigenvalue weighted by atomic mass is 19.1. The minimum absolute atomic E-state index is 0.0576. The lowest BCUT2D eigenvalue weighted by Crippen LogP contribution is -2.43. The third-order valence-electron chi connectivity index (χ3n) is 5.95. The second-order valence-corrected chi connectivity index (χ2v) is 8.94. The van der Waals surface area contributed by atoms with E-state index in [9.17, 15) is 23.2 Å². The molecule has 0 fully saturated rings. The zero-order valence-corrected chi connectivity index (χ0v) is 21.7. The first kappa shape index (κ1) is 27.9.